The Morgan fingerprint density at radius 2 is 1.62 bits per heavy atom. The molecule has 1 radical (unpaired) electrons. The van der Waals surface area contributed by atoms with Crippen LogP contribution in [0.4, 0.5) is 13.2 Å². The summed E-state index contributed by atoms with van der Waals surface area (Å²) in [7, 11) is 0. The van der Waals surface area contributed by atoms with E-state index in [0.29, 0.717) is 0 Å². The average molecular weight is 149 g/mol. The molecule has 0 fully saturated rings. The summed E-state index contributed by atoms with van der Waals surface area (Å²) in [5.74, 6) is -1.32. The zero-order valence-corrected chi connectivity index (χ0v) is 7.96. The summed E-state index contributed by atoms with van der Waals surface area (Å²) in [6, 6.07) is 0. The van der Waals surface area contributed by atoms with Crippen LogP contribution in [0.2, 0.25) is 0 Å². The normalized spacial score (nSPS) is 7.50. The fourth-order valence-electron chi connectivity index (χ4n) is 0.134. The van der Waals surface area contributed by atoms with Gasteiger partial charge in [0.25, 0.3) is 0 Å². The fourth-order valence-corrected chi connectivity index (χ4v) is 0.134. The van der Waals surface area contributed by atoms with Crippen LogP contribution in [0.15, 0.2) is 11.9 Å². The van der Waals surface area contributed by atoms with Crippen LogP contribution in [0.5, 0.6) is 0 Å². The summed E-state index contributed by atoms with van der Waals surface area (Å²) in [4.78, 5) is 0. The Kier molecular flexibility index (Phi) is 9.36. The van der Waals surface area contributed by atoms with Crippen molar-refractivity contribution in [3.63, 3.8) is 0 Å². The molecule has 0 amide bonds. The van der Waals surface area contributed by atoms with Crippen molar-refractivity contribution in [3.05, 3.63) is 11.9 Å². The van der Waals surface area contributed by atoms with E-state index in [-0.39, 0.29) is 57.8 Å². The molecule has 0 aliphatic carbocycles. The number of halogens is 3. The quantitative estimate of drug-likeness (QED) is 0.501. The average Bonchev–Trinajstić information content (AvgIpc) is 1.65. The summed E-state index contributed by atoms with van der Waals surface area (Å²) in [6.45, 7) is 1.33. The Balaban J connectivity index is 0. The molecule has 0 aliphatic rings. The van der Waals surface area contributed by atoms with Gasteiger partial charge >= 0.3 is 6.08 Å². The van der Waals surface area contributed by atoms with Crippen LogP contribution in [0.1, 0.15) is 13.3 Å². The molecule has 43 valence electrons. The van der Waals surface area contributed by atoms with E-state index >= 15 is 0 Å². The first-order valence-electron chi connectivity index (χ1n) is 1.88. The Morgan fingerprint density at radius 1 is 1.25 bits per heavy atom. The van der Waals surface area contributed by atoms with Gasteiger partial charge in [0.1, 0.15) is 0 Å². The third kappa shape index (κ3) is 5.31. The third-order valence-electron chi connectivity index (χ3n) is 0.515. The van der Waals surface area contributed by atoms with E-state index in [1.165, 1.54) is 6.92 Å². The van der Waals surface area contributed by atoms with Crippen molar-refractivity contribution in [1.29, 1.82) is 0 Å². The van der Waals surface area contributed by atoms with E-state index in [2.05, 4.69) is 0 Å². The molecule has 0 aromatic rings. The molecule has 0 nitrogen and oxygen atoms in total. The molecule has 0 aromatic heterocycles. The van der Waals surface area contributed by atoms with Crippen LogP contribution >= 0.6 is 0 Å². The summed E-state index contributed by atoms with van der Waals surface area (Å²) in [5, 5.41) is 0. The Morgan fingerprint density at radius 3 is 1.62 bits per heavy atom. The second-order valence-electron chi connectivity index (χ2n) is 1.02. The van der Waals surface area contributed by atoms with Crippen LogP contribution < -0.4 is 0 Å². The van der Waals surface area contributed by atoms with Crippen molar-refractivity contribution in [2.45, 2.75) is 13.3 Å². The van der Waals surface area contributed by atoms with Gasteiger partial charge in [-0.05, 0) is 0 Å². The molecule has 0 saturated heterocycles. The monoisotopic (exact) mass is 149 g/mol. The molecule has 8 heavy (non-hydrogen) atoms. The Labute approximate surface area is 88.6 Å². The van der Waals surface area contributed by atoms with Crippen LogP contribution in [0.25, 0.3) is 0 Å². The molecule has 0 atom stereocenters. The van der Waals surface area contributed by atoms with E-state index in [4.69, 9.17) is 0 Å². The van der Waals surface area contributed by atoms with Crippen molar-refractivity contribution in [3.8, 4) is 0 Å². The van der Waals surface area contributed by atoms with Gasteiger partial charge in [0, 0.05) is 57.8 Å². The molecule has 0 aliphatic heterocycles. The summed E-state index contributed by atoms with van der Waals surface area (Å²) in [6.07, 6.45) is -2.43. The molecule has 4 heteroatoms. The molecular weight excluding hydrogens is 144 g/mol. The molecule has 0 N–H and O–H groups in total. The molecule has 0 aromatic carbocycles. The Bertz CT molecular complexity index is 85.3. The maximum absolute atomic E-state index is 11.4. The second kappa shape index (κ2) is 6.29. The SMILES string of the molecule is CCC(F)=C(F)F.[K]. The molecule has 0 rings (SSSR count). The van der Waals surface area contributed by atoms with E-state index in [1.807, 2.05) is 0 Å². The second-order valence-corrected chi connectivity index (χ2v) is 1.02. The van der Waals surface area contributed by atoms with E-state index in [9.17, 15) is 13.2 Å². The molecule has 0 saturated carbocycles. The Hall–Kier alpha value is 1.17. The predicted molar refractivity (Wildman–Crippen MR) is 26.4 cm³/mol. The van der Waals surface area contributed by atoms with Gasteiger partial charge in [-0.3, -0.25) is 0 Å². The minimum absolute atomic E-state index is 0. The van der Waals surface area contributed by atoms with Crippen molar-refractivity contribution in [2.75, 3.05) is 0 Å². The number of hydrogen-bond acceptors (Lipinski definition) is 0. The van der Waals surface area contributed by atoms with Crippen LogP contribution in [0.3, 0.4) is 0 Å². The van der Waals surface area contributed by atoms with Crippen molar-refractivity contribution < 1.29 is 13.2 Å². The standard InChI is InChI=1S/C4H5F3.K/c1-2-3(5)4(6)7;/h2H2,1H3;. The topological polar surface area (TPSA) is 0 Å². The third-order valence-corrected chi connectivity index (χ3v) is 0.515. The van der Waals surface area contributed by atoms with Gasteiger partial charge in [-0.15, -0.1) is 0 Å². The van der Waals surface area contributed by atoms with Gasteiger partial charge in [-0.1, -0.05) is 6.92 Å². The first-order chi connectivity index (χ1) is 3.18. The zero-order valence-electron chi connectivity index (χ0n) is 4.84. The minimum Gasteiger partial charge on any atom is -0.206 e. The molecule has 0 bridgehead atoms. The molecule has 0 spiro atoms. The van der Waals surface area contributed by atoms with Gasteiger partial charge < -0.3 is 0 Å². The van der Waals surface area contributed by atoms with Crippen LogP contribution in [-0.2, 0) is 0 Å². The largest absolute Gasteiger partial charge is 0.301 e. The first kappa shape index (κ1) is 11.9. The van der Waals surface area contributed by atoms with Gasteiger partial charge in [-0.2, -0.15) is 8.78 Å². The first-order valence-corrected chi connectivity index (χ1v) is 1.88. The van der Waals surface area contributed by atoms with Gasteiger partial charge in [0.15, 0.2) is 5.83 Å². The maximum atomic E-state index is 11.4. The molecule has 0 heterocycles. The smallest absolute Gasteiger partial charge is 0.206 e. The zero-order chi connectivity index (χ0) is 5.86. The van der Waals surface area contributed by atoms with Crippen molar-refractivity contribution >= 4 is 51.4 Å². The molecular formula is C4H5F3K. The van der Waals surface area contributed by atoms with Crippen LogP contribution in [-0.4, -0.2) is 51.4 Å². The minimum atomic E-state index is -2.21. The van der Waals surface area contributed by atoms with Crippen molar-refractivity contribution in [2.24, 2.45) is 0 Å². The van der Waals surface area contributed by atoms with Gasteiger partial charge in [0.05, 0.1) is 0 Å². The van der Waals surface area contributed by atoms with Gasteiger partial charge in [0.2, 0.25) is 0 Å². The maximum Gasteiger partial charge on any atom is 0.301 e. The van der Waals surface area contributed by atoms with Gasteiger partial charge in [-0.25, -0.2) is 4.39 Å². The van der Waals surface area contributed by atoms with Crippen molar-refractivity contribution in [1.82, 2.24) is 0 Å². The summed E-state index contributed by atoms with van der Waals surface area (Å²) in [5.41, 5.74) is 0. The van der Waals surface area contributed by atoms with E-state index in [1.54, 1.807) is 0 Å². The summed E-state index contributed by atoms with van der Waals surface area (Å²) >= 11 is 0. The number of rotatable bonds is 1. The predicted octanol–water partition coefficient (Wildman–Crippen LogP) is 2.09. The number of allylic oxidation sites excluding steroid dienone is 1. The fraction of sp³-hybridized carbons (Fsp3) is 0.500. The van der Waals surface area contributed by atoms with E-state index < -0.39 is 11.9 Å². The molecule has 0 unspecified atom stereocenters. The van der Waals surface area contributed by atoms with E-state index in [0.717, 1.165) is 0 Å². The number of hydrogen-bond donors (Lipinski definition) is 0. The van der Waals surface area contributed by atoms with Crippen LogP contribution in [0, 0.1) is 0 Å². The summed E-state index contributed by atoms with van der Waals surface area (Å²) < 4.78 is 33.3.